The molecule has 0 nitrogen and oxygen atoms in total. The van der Waals surface area contributed by atoms with Crippen molar-refractivity contribution in [1.82, 2.24) is 0 Å². The monoisotopic (exact) mass is 490 g/mol. The molecule has 0 heterocycles. The number of unbranched alkanes of at least 4 members (excludes halogenated alkanes) is 1. The zero-order chi connectivity index (χ0) is 17.8. The van der Waals surface area contributed by atoms with Crippen LogP contribution in [0.25, 0.3) is 6.08 Å². The van der Waals surface area contributed by atoms with E-state index in [0.717, 1.165) is 6.42 Å². The van der Waals surface area contributed by atoms with E-state index in [1.807, 2.05) is 0 Å². The maximum Gasteiger partial charge on any atom is 4.00 e. The first-order valence-electron chi connectivity index (χ1n) is 9.65. The summed E-state index contributed by atoms with van der Waals surface area (Å²) in [5, 5.41) is 0. The first-order chi connectivity index (χ1) is 12.9. The van der Waals surface area contributed by atoms with Crippen LogP contribution in [-0.4, -0.2) is 0 Å². The summed E-state index contributed by atoms with van der Waals surface area (Å²) in [6.07, 6.45) is 9.45. The summed E-state index contributed by atoms with van der Waals surface area (Å²) in [6, 6.07) is 30.9. The van der Waals surface area contributed by atoms with E-state index in [2.05, 4.69) is 104 Å². The third-order valence-corrected chi connectivity index (χ3v) is 5.71. The molecule has 1 aliphatic carbocycles. The summed E-state index contributed by atoms with van der Waals surface area (Å²) in [7, 11) is 0. The average Bonchev–Trinajstić information content (AvgIpc) is 3.15. The minimum Gasteiger partial charge on any atom is -1.00 e. The molecule has 0 N–H and O–H groups in total. The second-order valence-electron chi connectivity index (χ2n) is 7.18. The van der Waals surface area contributed by atoms with Crippen molar-refractivity contribution >= 4 is 6.08 Å². The molecule has 0 spiro atoms. The van der Waals surface area contributed by atoms with E-state index in [-0.39, 0.29) is 70.3 Å². The second-order valence-corrected chi connectivity index (χ2v) is 7.18. The molecule has 30 heavy (non-hydrogen) atoms. The number of allylic oxidation sites excluding steroid dienone is 1. The summed E-state index contributed by atoms with van der Waals surface area (Å²) in [6.45, 7) is 2.28. The largest absolute Gasteiger partial charge is 4.00 e. The van der Waals surface area contributed by atoms with Crippen LogP contribution in [0.2, 0.25) is 0 Å². The molecule has 0 saturated heterocycles. The molecule has 1 atom stereocenters. The maximum absolute atomic E-state index is 3.74. The van der Waals surface area contributed by atoms with Gasteiger partial charge in [0, 0.05) is 5.41 Å². The molecule has 0 bridgehead atoms. The van der Waals surface area contributed by atoms with Crippen LogP contribution in [0.3, 0.4) is 0 Å². The molecule has 4 heteroatoms. The number of halogens is 3. The van der Waals surface area contributed by atoms with Crippen molar-refractivity contribution in [2.75, 3.05) is 0 Å². The van der Waals surface area contributed by atoms with E-state index in [0.29, 0.717) is 0 Å². The predicted octanol–water partition coefficient (Wildman–Crippen LogP) is -2.21. The van der Waals surface area contributed by atoms with Crippen molar-refractivity contribution in [3.63, 3.8) is 0 Å². The Bertz CT molecular complexity index is 855. The molecule has 3 aromatic rings. The SMILES string of the molecule is CCCCC(c1ccccc1)(c1ccccc1)C1[C-]=Cc2ccccc21.[Cl-].[Cl-].[Cl-].[Ti+4]. The molecule has 154 valence electrons. The Balaban J connectivity index is 0.00000210. The number of hydrogen-bond donors (Lipinski definition) is 0. The summed E-state index contributed by atoms with van der Waals surface area (Å²) in [4.78, 5) is 0. The molecule has 3 aromatic carbocycles. The van der Waals surface area contributed by atoms with Gasteiger partial charge >= 0.3 is 21.7 Å². The van der Waals surface area contributed by atoms with Crippen LogP contribution in [-0.2, 0) is 27.1 Å². The zero-order valence-electron chi connectivity index (χ0n) is 17.0. The summed E-state index contributed by atoms with van der Waals surface area (Å²) < 4.78 is 0. The van der Waals surface area contributed by atoms with Gasteiger partial charge in [-0.25, -0.2) is 6.08 Å². The standard InChI is InChI=1S/C26H25.3ClH.Ti/c1-2-3-20-26(22-13-6-4-7-14-22,23-15-8-5-9-16-23)25-19-18-21-12-10-11-17-24(21)25;;;;/h4-18,25H,2-3,20H2,1H3;3*1H;/q-1;;;;+4/p-3. The molecule has 1 unspecified atom stereocenters. The van der Waals surface area contributed by atoms with Crippen LogP contribution in [0.4, 0.5) is 0 Å². The maximum atomic E-state index is 3.74. The quantitative estimate of drug-likeness (QED) is 0.271. The Hall–Kier alpha value is -1.02. The molecule has 0 radical (unpaired) electrons. The third-order valence-electron chi connectivity index (χ3n) is 5.71. The fourth-order valence-corrected chi connectivity index (χ4v) is 4.44. The van der Waals surface area contributed by atoms with Gasteiger partial charge in [-0.3, -0.25) is 6.08 Å². The van der Waals surface area contributed by atoms with E-state index in [1.165, 1.54) is 35.1 Å². The smallest absolute Gasteiger partial charge is 1.00 e. The van der Waals surface area contributed by atoms with Gasteiger partial charge in [-0.1, -0.05) is 105 Å². The van der Waals surface area contributed by atoms with E-state index in [9.17, 15) is 0 Å². The summed E-state index contributed by atoms with van der Waals surface area (Å²) in [5.74, 6) is 0.245. The van der Waals surface area contributed by atoms with Crippen molar-refractivity contribution in [3.8, 4) is 0 Å². The van der Waals surface area contributed by atoms with Crippen LogP contribution in [0.1, 0.15) is 54.4 Å². The number of fused-ring (bicyclic) bond motifs is 1. The molecule has 4 rings (SSSR count). The van der Waals surface area contributed by atoms with E-state index >= 15 is 0 Å². The number of hydrogen-bond acceptors (Lipinski definition) is 0. The molecule has 0 fully saturated rings. The van der Waals surface area contributed by atoms with E-state index in [4.69, 9.17) is 0 Å². The van der Waals surface area contributed by atoms with Crippen molar-refractivity contribution < 1.29 is 58.9 Å². The van der Waals surface area contributed by atoms with Gasteiger partial charge in [-0.15, -0.1) is 11.6 Å². The van der Waals surface area contributed by atoms with Gasteiger partial charge in [0.25, 0.3) is 0 Å². The topological polar surface area (TPSA) is 0 Å². The number of rotatable bonds is 6. The van der Waals surface area contributed by atoms with Crippen molar-refractivity contribution in [2.45, 2.75) is 37.5 Å². The van der Waals surface area contributed by atoms with Gasteiger partial charge < -0.3 is 37.2 Å². The molecular weight excluding hydrogens is 467 g/mol. The minimum atomic E-state index is -0.0817. The third kappa shape index (κ3) is 5.42. The molecule has 0 saturated carbocycles. The van der Waals surface area contributed by atoms with Crippen LogP contribution in [0, 0.1) is 6.08 Å². The molecule has 1 aliphatic rings. The Morgan fingerprint density at radius 1 is 0.733 bits per heavy atom. The van der Waals surface area contributed by atoms with Gasteiger partial charge in [0.05, 0.1) is 0 Å². The van der Waals surface area contributed by atoms with Gasteiger partial charge in [-0.2, -0.15) is 5.56 Å². The first kappa shape index (κ1) is 29.0. The fraction of sp³-hybridized carbons (Fsp3) is 0.231. The Morgan fingerprint density at radius 2 is 1.23 bits per heavy atom. The van der Waals surface area contributed by atoms with Gasteiger partial charge in [0.2, 0.25) is 0 Å². The van der Waals surface area contributed by atoms with Crippen LogP contribution in [0.15, 0.2) is 84.9 Å². The second kappa shape index (κ2) is 13.4. The average molecular weight is 492 g/mol. The van der Waals surface area contributed by atoms with Crippen LogP contribution < -0.4 is 37.2 Å². The molecule has 0 aromatic heterocycles. The van der Waals surface area contributed by atoms with Gasteiger partial charge in [0.15, 0.2) is 0 Å². The predicted molar refractivity (Wildman–Crippen MR) is 110 cm³/mol. The van der Waals surface area contributed by atoms with Gasteiger partial charge in [-0.05, 0) is 17.5 Å². The van der Waals surface area contributed by atoms with Crippen molar-refractivity contribution in [1.29, 1.82) is 0 Å². The van der Waals surface area contributed by atoms with E-state index in [1.54, 1.807) is 0 Å². The molecule has 0 aliphatic heterocycles. The first-order valence-corrected chi connectivity index (χ1v) is 9.65. The molecule has 0 amide bonds. The van der Waals surface area contributed by atoms with Gasteiger partial charge in [0.1, 0.15) is 0 Å². The Kier molecular flexibility index (Phi) is 13.0. The summed E-state index contributed by atoms with van der Waals surface area (Å²) >= 11 is 0. The summed E-state index contributed by atoms with van der Waals surface area (Å²) in [5.41, 5.74) is 5.41. The fourth-order valence-electron chi connectivity index (χ4n) is 4.44. The Morgan fingerprint density at radius 3 is 1.77 bits per heavy atom. The van der Waals surface area contributed by atoms with Crippen LogP contribution in [0.5, 0.6) is 0 Å². The number of benzene rings is 3. The van der Waals surface area contributed by atoms with E-state index < -0.39 is 0 Å². The Labute approximate surface area is 214 Å². The zero-order valence-corrected chi connectivity index (χ0v) is 20.8. The van der Waals surface area contributed by atoms with Crippen molar-refractivity contribution in [3.05, 3.63) is 113 Å². The van der Waals surface area contributed by atoms with Crippen LogP contribution >= 0.6 is 0 Å². The van der Waals surface area contributed by atoms with Crippen molar-refractivity contribution in [2.24, 2.45) is 0 Å². The normalized spacial score (nSPS) is 13.7. The molecular formula is C26H25Cl3Ti. The minimum absolute atomic E-state index is 0.